The van der Waals surface area contributed by atoms with Gasteiger partial charge in [-0.25, -0.2) is 4.79 Å². The molecule has 0 aliphatic rings. The van der Waals surface area contributed by atoms with Crippen molar-refractivity contribution in [2.75, 3.05) is 11.9 Å². The topological polar surface area (TPSA) is 51.5 Å². The smallest absolute Gasteiger partial charge is 0.338 e. The highest BCUT2D eigenvalue weighted by Gasteiger charge is 2.13. The number of anilines is 1. The summed E-state index contributed by atoms with van der Waals surface area (Å²) in [6, 6.07) is 11.2. The molecule has 2 aromatic rings. The van der Waals surface area contributed by atoms with Crippen molar-refractivity contribution in [1.29, 1.82) is 0 Å². The van der Waals surface area contributed by atoms with E-state index in [0.717, 1.165) is 17.9 Å². The average molecular weight is 273 g/mol. The molecule has 1 N–H and O–H groups in total. The fourth-order valence-corrected chi connectivity index (χ4v) is 2.02. The van der Waals surface area contributed by atoms with Crippen LogP contribution in [0.15, 0.2) is 47.1 Å². The molecule has 4 heteroatoms. The van der Waals surface area contributed by atoms with Crippen LogP contribution in [0.5, 0.6) is 0 Å². The maximum absolute atomic E-state index is 11.7. The monoisotopic (exact) mass is 273 g/mol. The number of ether oxygens (including phenoxy) is 1. The molecule has 1 unspecified atom stereocenters. The molecule has 106 valence electrons. The number of rotatable bonds is 6. The third-order valence-electron chi connectivity index (χ3n) is 3.01. The van der Waals surface area contributed by atoms with Gasteiger partial charge in [0.2, 0.25) is 0 Å². The quantitative estimate of drug-likeness (QED) is 0.808. The number of benzene rings is 1. The number of nitrogens with one attached hydrogen (secondary N) is 1. The highest BCUT2D eigenvalue weighted by atomic mass is 16.5. The van der Waals surface area contributed by atoms with Gasteiger partial charge in [-0.3, -0.25) is 0 Å². The van der Waals surface area contributed by atoms with Gasteiger partial charge in [0.25, 0.3) is 0 Å². The molecule has 1 atom stereocenters. The second-order valence-electron chi connectivity index (χ2n) is 4.42. The van der Waals surface area contributed by atoms with E-state index in [1.54, 1.807) is 25.3 Å². The molecule has 1 aromatic carbocycles. The summed E-state index contributed by atoms with van der Waals surface area (Å²) in [6.45, 7) is 4.25. The lowest BCUT2D eigenvalue weighted by Gasteiger charge is -2.16. The zero-order chi connectivity index (χ0) is 14.4. The van der Waals surface area contributed by atoms with Gasteiger partial charge in [0.1, 0.15) is 5.76 Å². The molecule has 0 radical (unpaired) electrons. The third-order valence-corrected chi connectivity index (χ3v) is 3.01. The minimum Gasteiger partial charge on any atom is -0.467 e. The van der Waals surface area contributed by atoms with Crippen LogP contribution in [0.3, 0.4) is 0 Å². The molecule has 1 aromatic heterocycles. The van der Waals surface area contributed by atoms with E-state index in [2.05, 4.69) is 12.2 Å². The van der Waals surface area contributed by atoms with Crippen molar-refractivity contribution in [3.8, 4) is 0 Å². The number of furan rings is 1. The Morgan fingerprint density at radius 2 is 2.15 bits per heavy atom. The van der Waals surface area contributed by atoms with E-state index in [1.165, 1.54) is 0 Å². The van der Waals surface area contributed by atoms with Crippen molar-refractivity contribution in [1.82, 2.24) is 0 Å². The average Bonchev–Trinajstić information content (AvgIpc) is 2.99. The predicted octanol–water partition coefficient (Wildman–Crippen LogP) is 4.02. The van der Waals surface area contributed by atoms with Crippen LogP contribution in [0.4, 0.5) is 5.69 Å². The Morgan fingerprint density at radius 1 is 1.30 bits per heavy atom. The van der Waals surface area contributed by atoms with Crippen molar-refractivity contribution < 1.29 is 13.9 Å². The standard InChI is InChI=1S/C16H19NO3/c1-3-14(15-9-6-10-20-15)17-13-8-5-7-12(11-13)16(18)19-4-2/h5-11,14,17H,3-4H2,1-2H3. The summed E-state index contributed by atoms with van der Waals surface area (Å²) in [5.41, 5.74) is 1.42. The van der Waals surface area contributed by atoms with Gasteiger partial charge in [-0.15, -0.1) is 0 Å². The summed E-state index contributed by atoms with van der Waals surface area (Å²) in [6.07, 6.45) is 2.55. The number of hydrogen-bond donors (Lipinski definition) is 1. The van der Waals surface area contributed by atoms with Gasteiger partial charge in [0.05, 0.1) is 24.5 Å². The predicted molar refractivity (Wildman–Crippen MR) is 77.8 cm³/mol. The summed E-state index contributed by atoms with van der Waals surface area (Å²) in [4.78, 5) is 11.7. The molecule has 1 heterocycles. The van der Waals surface area contributed by atoms with Crippen LogP contribution in [-0.4, -0.2) is 12.6 Å². The minimum atomic E-state index is -0.304. The lowest BCUT2D eigenvalue weighted by molar-refractivity contribution is 0.0526. The molecular formula is C16H19NO3. The number of carbonyl (C=O) groups is 1. The first-order valence-corrected chi connectivity index (χ1v) is 6.81. The second-order valence-corrected chi connectivity index (χ2v) is 4.42. The van der Waals surface area contributed by atoms with Gasteiger partial charge in [-0.2, -0.15) is 0 Å². The van der Waals surface area contributed by atoms with Crippen molar-refractivity contribution in [2.45, 2.75) is 26.3 Å². The first-order valence-electron chi connectivity index (χ1n) is 6.81. The first kappa shape index (κ1) is 14.2. The zero-order valence-electron chi connectivity index (χ0n) is 11.8. The third kappa shape index (κ3) is 3.41. The summed E-state index contributed by atoms with van der Waals surface area (Å²) in [5, 5.41) is 3.37. The summed E-state index contributed by atoms with van der Waals surface area (Å²) in [7, 11) is 0. The summed E-state index contributed by atoms with van der Waals surface area (Å²) in [5.74, 6) is 0.580. The van der Waals surface area contributed by atoms with Gasteiger partial charge in [0, 0.05) is 5.69 Å². The molecule has 0 fully saturated rings. The Labute approximate surface area is 118 Å². The van der Waals surface area contributed by atoms with Gasteiger partial charge < -0.3 is 14.5 Å². The summed E-state index contributed by atoms with van der Waals surface area (Å²) >= 11 is 0. The maximum atomic E-state index is 11.7. The Morgan fingerprint density at radius 3 is 2.80 bits per heavy atom. The highest BCUT2D eigenvalue weighted by molar-refractivity contribution is 5.90. The van der Waals surface area contributed by atoms with E-state index >= 15 is 0 Å². The first-order chi connectivity index (χ1) is 9.74. The largest absolute Gasteiger partial charge is 0.467 e. The number of carbonyl (C=O) groups excluding carboxylic acids is 1. The van der Waals surface area contributed by atoms with Crippen LogP contribution in [0.2, 0.25) is 0 Å². The molecule has 0 spiro atoms. The van der Waals surface area contributed by atoms with Crippen molar-refractivity contribution in [2.24, 2.45) is 0 Å². The second kappa shape index (κ2) is 6.80. The molecular weight excluding hydrogens is 254 g/mol. The summed E-state index contributed by atoms with van der Waals surface area (Å²) < 4.78 is 10.4. The Balaban J connectivity index is 2.13. The van der Waals surface area contributed by atoms with E-state index in [4.69, 9.17) is 9.15 Å². The Hall–Kier alpha value is -2.23. The molecule has 0 saturated carbocycles. The van der Waals surface area contributed by atoms with Crippen molar-refractivity contribution >= 4 is 11.7 Å². The minimum absolute atomic E-state index is 0.0856. The van der Waals surface area contributed by atoms with E-state index in [0.29, 0.717) is 12.2 Å². The van der Waals surface area contributed by atoms with Gasteiger partial charge >= 0.3 is 5.97 Å². The molecule has 4 nitrogen and oxygen atoms in total. The van der Waals surface area contributed by atoms with Crippen LogP contribution in [-0.2, 0) is 4.74 Å². The maximum Gasteiger partial charge on any atom is 0.338 e. The highest BCUT2D eigenvalue weighted by Crippen LogP contribution is 2.23. The van der Waals surface area contributed by atoms with Gasteiger partial charge in [0.15, 0.2) is 0 Å². The number of esters is 1. The van der Waals surface area contributed by atoms with E-state index in [9.17, 15) is 4.79 Å². The van der Waals surface area contributed by atoms with E-state index in [1.807, 2.05) is 24.3 Å². The fraction of sp³-hybridized carbons (Fsp3) is 0.312. The van der Waals surface area contributed by atoms with Gasteiger partial charge in [-0.1, -0.05) is 13.0 Å². The molecule has 0 bridgehead atoms. The molecule has 2 rings (SSSR count). The molecule has 0 aliphatic heterocycles. The van der Waals surface area contributed by atoms with Crippen LogP contribution < -0.4 is 5.32 Å². The Bertz CT molecular complexity index is 549. The normalized spacial score (nSPS) is 11.9. The molecule has 0 amide bonds. The SMILES string of the molecule is CCOC(=O)c1cccc(NC(CC)c2ccco2)c1. The van der Waals surface area contributed by atoms with Crippen LogP contribution in [0.25, 0.3) is 0 Å². The molecule has 0 saturated heterocycles. The van der Waals surface area contributed by atoms with Crippen molar-refractivity contribution in [3.63, 3.8) is 0 Å². The lowest BCUT2D eigenvalue weighted by atomic mass is 10.1. The van der Waals surface area contributed by atoms with Crippen LogP contribution in [0, 0.1) is 0 Å². The lowest BCUT2D eigenvalue weighted by Crippen LogP contribution is -2.10. The Kier molecular flexibility index (Phi) is 4.82. The van der Waals surface area contributed by atoms with Crippen LogP contribution in [0.1, 0.15) is 42.4 Å². The molecule has 20 heavy (non-hydrogen) atoms. The fourth-order valence-electron chi connectivity index (χ4n) is 2.02. The van der Waals surface area contributed by atoms with E-state index < -0.39 is 0 Å². The van der Waals surface area contributed by atoms with Crippen LogP contribution >= 0.6 is 0 Å². The number of hydrogen-bond acceptors (Lipinski definition) is 4. The van der Waals surface area contributed by atoms with Crippen molar-refractivity contribution in [3.05, 3.63) is 54.0 Å². The molecule has 0 aliphatic carbocycles. The zero-order valence-corrected chi connectivity index (χ0v) is 11.8. The van der Waals surface area contributed by atoms with E-state index in [-0.39, 0.29) is 12.0 Å². The van der Waals surface area contributed by atoms with Gasteiger partial charge in [-0.05, 0) is 43.7 Å².